The molecule has 0 spiro atoms. The van der Waals surface area contributed by atoms with Gasteiger partial charge in [0.1, 0.15) is 11.8 Å². The lowest BCUT2D eigenvalue weighted by Crippen LogP contribution is -2.52. The second kappa shape index (κ2) is 14.6. The number of nitrogens with zero attached hydrogens (tertiary/aromatic N) is 1. The molecule has 8 heteroatoms. The number of carbonyl (C=O) groups is 2. The molecule has 1 atom stereocenters. The Labute approximate surface area is 245 Å². The predicted octanol–water partition coefficient (Wildman–Crippen LogP) is 6.93. The van der Waals surface area contributed by atoms with Gasteiger partial charge in [-0.2, -0.15) is 0 Å². The molecule has 0 heterocycles. The van der Waals surface area contributed by atoms with Crippen LogP contribution in [-0.2, 0) is 28.3 Å². The number of rotatable bonds is 12. The summed E-state index contributed by atoms with van der Waals surface area (Å²) in [6.45, 7) is 0.305. The van der Waals surface area contributed by atoms with E-state index in [1.807, 2.05) is 66.7 Å². The zero-order chi connectivity index (χ0) is 27.6. The fourth-order valence-electron chi connectivity index (χ4n) is 4.86. The van der Waals surface area contributed by atoms with Gasteiger partial charge in [-0.15, -0.1) is 11.8 Å². The molecular weight excluding hydrogens is 551 g/mol. The van der Waals surface area contributed by atoms with Gasteiger partial charge in [-0.05, 0) is 53.8 Å². The highest BCUT2D eigenvalue weighted by Gasteiger charge is 2.32. The first-order chi connectivity index (χ1) is 18.9. The van der Waals surface area contributed by atoms with E-state index in [2.05, 4.69) is 5.32 Å². The van der Waals surface area contributed by atoms with Crippen LogP contribution in [0.2, 0.25) is 10.0 Å². The van der Waals surface area contributed by atoms with Gasteiger partial charge in [0.15, 0.2) is 0 Å². The Balaban J connectivity index is 1.57. The van der Waals surface area contributed by atoms with E-state index >= 15 is 0 Å². The van der Waals surface area contributed by atoms with E-state index in [1.54, 1.807) is 18.1 Å². The monoisotopic (exact) mass is 584 g/mol. The van der Waals surface area contributed by atoms with E-state index in [-0.39, 0.29) is 23.6 Å². The molecule has 1 aliphatic carbocycles. The Kier molecular flexibility index (Phi) is 11.0. The molecule has 4 rings (SSSR count). The summed E-state index contributed by atoms with van der Waals surface area (Å²) in [5.74, 6) is 1.35. The quantitative estimate of drug-likeness (QED) is 0.250. The van der Waals surface area contributed by atoms with Crippen LogP contribution >= 0.6 is 35.0 Å². The van der Waals surface area contributed by atoms with Crippen molar-refractivity contribution in [3.8, 4) is 5.75 Å². The highest BCUT2D eigenvalue weighted by Crippen LogP contribution is 2.26. The Morgan fingerprint density at radius 3 is 2.41 bits per heavy atom. The van der Waals surface area contributed by atoms with Crippen molar-refractivity contribution in [1.82, 2.24) is 10.2 Å². The minimum Gasteiger partial charge on any atom is -0.497 e. The summed E-state index contributed by atoms with van der Waals surface area (Å²) in [5.41, 5.74) is 2.90. The number of nitrogens with one attached hydrogen (secondary N) is 1. The molecule has 3 aromatic carbocycles. The maximum Gasteiger partial charge on any atom is 0.243 e. The second-order valence-electron chi connectivity index (χ2n) is 9.81. The number of benzene rings is 3. The Morgan fingerprint density at radius 2 is 1.69 bits per heavy atom. The van der Waals surface area contributed by atoms with Gasteiger partial charge >= 0.3 is 0 Å². The number of thioether (sulfide) groups is 1. The van der Waals surface area contributed by atoms with Gasteiger partial charge in [-0.3, -0.25) is 9.59 Å². The summed E-state index contributed by atoms with van der Waals surface area (Å²) in [4.78, 5) is 29.3. The molecule has 2 amide bonds. The Bertz CT molecular complexity index is 1250. The molecule has 0 saturated heterocycles. The van der Waals surface area contributed by atoms with Crippen molar-refractivity contribution < 1.29 is 14.3 Å². The van der Waals surface area contributed by atoms with Gasteiger partial charge in [0, 0.05) is 24.8 Å². The highest BCUT2D eigenvalue weighted by atomic mass is 35.5. The molecule has 0 aromatic heterocycles. The highest BCUT2D eigenvalue weighted by molar-refractivity contribution is 7.99. The minimum atomic E-state index is -0.641. The molecular formula is C31H34Cl2N2O3S. The van der Waals surface area contributed by atoms with Crippen molar-refractivity contribution in [2.45, 2.75) is 56.5 Å². The molecule has 0 aliphatic heterocycles. The lowest BCUT2D eigenvalue weighted by atomic mass is 10.0. The molecule has 0 radical (unpaired) electrons. The number of hydrogen-bond acceptors (Lipinski definition) is 4. The van der Waals surface area contributed by atoms with Crippen molar-refractivity contribution in [1.29, 1.82) is 0 Å². The first kappa shape index (κ1) is 29.3. The topological polar surface area (TPSA) is 58.6 Å². The second-order valence-corrected chi connectivity index (χ2v) is 11.6. The van der Waals surface area contributed by atoms with Crippen molar-refractivity contribution in [2.24, 2.45) is 0 Å². The van der Waals surface area contributed by atoms with Crippen LogP contribution in [0.15, 0.2) is 72.8 Å². The van der Waals surface area contributed by atoms with E-state index in [1.165, 1.54) is 11.8 Å². The Morgan fingerprint density at radius 1 is 0.949 bits per heavy atom. The number of carbonyl (C=O) groups excluding carboxylic acids is 2. The summed E-state index contributed by atoms with van der Waals surface area (Å²) in [5, 5.41) is 4.24. The molecule has 0 bridgehead atoms. The summed E-state index contributed by atoms with van der Waals surface area (Å²) < 4.78 is 5.41. The molecule has 206 valence electrons. The minimum absolute atomic E-state index is 0.0922. The zero-order valence-corrected chi connectivity index (χ0v) is 24.4. The third-order valence-corrected chi connectivity index (χ3v) is 8.67. The molecule has 1 aliphatic rings. The average Bonchev–Trinajstić information content (AvgIpc) is 3.46. The molecule has 39 heavy (non-hydrogen) atoms. The fourth-order valence-corrected chi connectivity index (χ4v) is 6.04. The van der Waals surface area contributed by atoms with Crippen LogP contribution < -0.4 is 10.1 Å². The maximum atomic E-state index is 13.8. The third-order valence-electron chi connectivity index (χ3n) is 6.94. The number of halogens is 2. The molecule has 1 fully saturated rings. The van der Waals surface area contributed by atoms with E-state index in [9.17, 15) is 9.59 Å². The number of hydrogen-bond donors (Lipinski definition) is 1. The van der Waals surface area contributed by atoms with Crippen LogP contribution in [0.25, 0.3) is 0 Å². The van der Waals surface area contributed by atoms with Gasteiger partial charge in [-0.1, -0.05) is 84.6 Å². The van der Waals surface area contributed by atoms with E-state index in [4.69, 9.17) is 27.9 Å². The Hall–Kier alpha value is -2.67. The van der Waals surface area contributed by atoms with Crippen LogP contribution in [0.3, 0.4) is 0 Å². The van der Waals surface area contributed by atoms with Crippen molar-refractivity contribution >= 4 is 46.8 Å². The predicted molar refractivity (Wildman–Crippen MR) is 161 cm³/mol. The third kappa shape index (κ3) is 8.66. The molecule has 1 N–H and O–H groups in total. The standard InChI is InChI=1S/C31H34Cl2N2O3S/c1-38-26-13-7-10-23(16-26)19-35(30(36)21-39-20-24-14-15-27(32)28(33)17-24)29(18-22-8-3-2-4-9-22)31(37)34-25-11-5-6-12-25/h2-4,7-10,13-17,25,29H,5-6,11-12,18-21H2,1H3,(H,34,37). The number of methoxy groups -OCH3 is 1. The van der Waals surface area contributed by atoms with Crippen LogP contribution in [0.1, 0.15) is 42.4 Å². The van der Waals surface area contributed by atoms with Gasteiger partial charge in [0.05, 0.1) is 22.9 Å². The summed E-state index contributed by atoms with van der Waals surface area (Å²) >= 11 is 13.7. The smallest absolute Gasteiger partial charge is 0.243 e. The zero-order valence-electron chi connectivity index (χ0n) is 22.1. The molecule has 1 unspecified atom stereocenters. The van der Waals surface area contributed by atoms with Crippen molar-refractivity contribution in [2.75, 3.05) is 12.9 Å². The van der Waals surface area contributed by atoms with E-state index in [0.717, 1.165) is 42.4 Å². The van der Waals surface area contributed by atoms with Gasteiger partial charge in [-0.25, -0.2) is 0 Å². The van der Waals surface area contributed by atoms with Crippen LogP contribution in [0, 0.1) is 0 Å². The summed E-state index contributed by atoms with van der Waals surface area (Å²) in [6.07, 6.45) is 4.63. The normalized spacial score (nSPS) is 14.1. The average molecular weight is 586 g/mol. The van der Waals surface area contributed by atoms with Crippen molar-refractivity contribution in [3.05, 3.63) is 99.5 Å². The largest absolute Gasteiger partial charge is 0.497 e. The van der Waals surface area contributed by atoms with Crippen LogP contribution in [0.4, 0.5) is 0 Å². The fraction of sp³-hybridized carbons (Fsp3) is 0.355. The summed E-state index contributed by atoms with van der Waals surface area (Å²) in [6, 6.07) is 22.5. The molecule has 1 saturated carbocycles. The van der Waals surface area contributed by atoms with Crippen LogP contribution in [0.5, 0.6) is 5.75 Å². The van der Waals surface area contributed by atoms with E-state index < -0.39 is 6.04 Å². The summed E-state index contributed by atoms with van der Waals surface area (Å²) in [7, 11) is 1.62. The first-order valence-electron chi connectivity index (χ1n) is 13.2. The number of ether oxygens (including phenoxy) is 1. The SMILES string of the molecule is COc1cccc(CN(C(=O)CSCc2ccc(Cl)c(Cl)c2)C(Cc2ccccc2)C(=O)NC2CCCC2)c1. The van der Waals surface area contributed by atoms with Gasteiger partial charge in [0.2, 0.25) is 11.8 Å². The van der Waals surface area contributed by atoms with Gasteiger partial charge in [0.25, 0.3) is 0 Å². The maximum absolute atomic E-state index is 13.8. The molecule has 5 nitrogen and oxygen atoms in total. The van der Waals surface area contributed by atoms with Gasteiger partial charge < -0.3 is 15.0 Å². The van der Waals surface area contributed by atoms with E-state index in [0.29, 0.717) is 34.5 Å². The number of amides is 2. The lowest BCUT2D eigenvalue weighted by Gasteiger charge is -2.32. The molecule has 3 aromatic rings. The lowest BCUT2D eigenvalue weighted by molar-refractivity contribution is -0.139. The first-order valence-corrected chi connectivity index (χ1v) is 15.1. The van der Waals surface area contributed by atoms with Crippen LogP contribution in [-0.4, -0.2) is 41.7 Å². The van der Waals surface area contributed by atoms with Crippen molar-refractivity contribution in [3.63, 3.8) is 0 Å².